The van der Waals surface area contributed by atoms with Crippen LogP contribution in [0.5, 0.6) is 0 Å². The fourth-order valence-electron chi connectivity index (χ4n) is 3.28. The SMILES string of the molecule is CCCCOC(=O)N1CCN(C(=O)[C@H](CO)NC(=O)c2nc(-c3ccccc3)sc2Br)CC1. The first-order valence-electron chi connectivity index (χ1n) is 10.8. The molecule has 0 radical (unpaired) electrons. The molecule has 1 aliphatic heterocycles. The van der Waals surface area contributed by atoms with Gasteiger partial charge in [-0.3, -0.25) is 9.59 Å². The Kier molecular flexibility index (Phi) is 9.21. The number of aliphatic hydroxyl groups is 1. The second-order valence-electron chi connectivity index (χ2n) is 7.50. The number of benzene rings is 1. The van der Waals surface area contributed by atoms with Crippen molar-refractivity contribution in [3.05, 3.63) is 39.8 Å². The van der Waals surface area contributed by atoms with Crippen LogP contribution < -0.4 is 5.32 Å². The summed E-state index contributed by atoms with van der Waals surface area (Å²) < 4.78 is 5.75. The number of carbonyl (C=O) groups excluding carboxylic acids is 3. The summed E-state index contributed by atoms with van der Waals surface area (Å²) in [6, 6.07) is 8.35. The van der Waals surface area contributed by atoms with Crippen molar-refractivity contribution in [3.63, 3.8) is 0 Å². The smallest absolute Gasteiger partial charge is 0.409 e. The van der Waals surface area contributed by atoms with E-state index in [1.807, 2.05) is 37.3 Å². The van der Waals surface area contributed by atoms with Crippen LogP contribution in [0.3, 0.4) is 0 Å². The Labute approximate surface area is 204 Å². The maximum atomic E-state index is 12.9. The van der Waals surface area contributed by atoms with Gasteiger partial charge in [-0.25, -0.2) is 9.78 Å². The molecule has 33 heavy (non-hydrogen) atoms. The van der Waals surface area contributed by atoms with E-state index in [1.165, 1.54) is 16.2 Å². The topological polar surface area (TPSA) is 112 Å². The monoisotopic (exact) mass is 538 g/mol. The van der Waals surface area contributed by atoms with E-state index in [2.05, 4.69) is 26.2 Å². The number of nitrogens with zero attached hydrogens (tertiary/aromatic N) is 3. The summed E-state index contributed by atoms with van der Waals surface area (Å²) in [5.41, 5.74) is 1.04. The van der Waals surface area contributed by atoms with Gasteiger partial charge in [-0.15, -0.1) is 11.3 Å². The molecule has 9 nitrogen and oxygen atoms in total. The number of hydrogen-bond acceptors (Lipinski definition) is 7. The molecule has 2 heterocycles. The predicted octanol–water partition coefficient (Wildman–Crippen LogP) is 2.74. The van der Waals surface area contributed by atoms with Crippen molar-refractivity contribution in [1.82, 2.24) is 20.1 Å². The number of nitrogens with one attached hydrogen (secondary N) is 1. The molecule has 1 aromatic carbocycles. The zero-order valence-corrected chi connectivity index (χ0v) is 20.7. The highest BCUT2D eigenvalue weighted by atomic mass is 79.9. The van der Waals surface area contributed by atoms with E-state index in [0.717, 1.165) is 18.4 Å². The van der Waals surface area contributed by atoms with Crippen LogP contribution in [-0.4, -0.2) is 83.2 Å². The first-order valence-corrected chi connectivity index (χ1v) is 12.4. The molecule has 0 saturated carbocycles. The summed E-state index contributed by atoms with van der Waals surface area (Å²) >= 11 is 4.69. The molecule has 1 aliphatic rings. The number of hydrogen-bond donors (Lipinski definition) is 2. The summed E-state index contributed by atoms with van der Waals surface area (Å²) in [5.74, 6) is -0.953. The zero-order valence-electron chi connectivity index (χ0n) is 18.3. The lowest BCUT2D eigenvalue weighted by atomic mass is 10.2. The number of carbonyl (C=O) groups is 3. The van der Waals surface area contributed by atoms with Gasteiger partial charge < -0.3 is 25.0 Å². The van der Waals surface area contributed by atoms with E-state index >= 15 is 0 Å². The number of aromatic nitrogens is 1. The number of ether oxygens (including phenoxy) is 1. The molecular weight excluding hydrogens is 512 g/mol. The number of amides is 3. The van der Waals surface area contributed by atoms with E-state index in [-0.39, 0.29) is 11.8 Å². The van der Waals surface area contributed by atoms with Crippen LogP contribution >= 0.6 is 27.3 Å². The van der Waals surface area contributed by atoms with Gasteiger partial charge in [0.2, 0.25) is 5.91 Å². The van der Waals surface area contributed by atoms with Crippen molar-refractivity contribution < 1.29 is 24.2 Å². The molecule has 2 aromatic rings. The highest BCUT2D eigenvalue weighted by Gasteiger charge is 2.31. The molecule has 1 saturated heterocycles. The highest BCUT2D eigenvalue weighted by Crippen LogP contribution is 2.31. The summed E-state index contributed by atoms with van der Waals surface area (Å²) in [6.45, 7) is 3.12. The van der Waals surface area contributed by atoms with Crippen LogP contribution in [-0.2, 0) is 9.53 Å². The third kappa shape index (κ3) is 6.52. The van der Waals surface area contributed by atoms with E-state index in [1.54, 1.807) is 4.90 Å². The molecule has 0 aliphatic carbocycles. The number of thiazole rings is 1. The van der Waals surface area contributed by atoms with Gasteiger partial charge in [-0.05, 0) is 22.4 Å². The van der Waals surface area contributed by atoms with E-state index < -0.39 is 24.5 Å². The van der Waals surface area contributed by atoms with Crippen molar-refractivity contribution in [3.8, 4) is 10.6 Å². The van der Waals surface area contributed by atoms with Crippen molar-refractivity contribution in [2.45, 2.75) is 25.8 Å². The number of aliphatic hydroxyl groups excluding tert-OH is 1. The van der Waals surface area contributed by atoms with Crippen molar-refractivity contribution in [1.29, 1.82) is 0 Å². The zero-order chi connectivity index (χ0) is 23.8. The van der Waals surface area contributed by atoms with Gasteiger partial charge in [0.15, 0.2) is 5.69 Å². The van der Waals surface area contributed by atoms with Gasteiger partial charge in [0.05, 0.1) is 13.2 Å². The van der Waals surface area contributed by atoms with Gasteiger partial charge in [0.1, 0.15) is 14.8 Å². The molecule has 2 N–H and O–H groups in total. The summed E-state index contributed by atoms with van der Waals surface area (Å²) in [7, 11) is 0. The molecule has 3 rings (SSSR count). The molecule has 11 heteroatoms. The lowest BCUT2D eigenvalue weighted by molar-refractivity contribution is -0.135. The fourth-order valence-corrected chi connectivity index (χ4v) is 4.81. The third-order valence-electron chi connectivity index (χ3n) is 5.18. The minimum atomic E-state index is -1.10. The maximum Gasteiger partial charge on any atom is 0.409 e. The first-order chi connectivity index (χ1) is 15.9. The molecule has 1 aromatic heterocycles. The summed E-state index contributed by atoms with van der Waals surface area (Å²) in [5, 5.41) is 13.0. The molecule has 178 valence electrons. The number of piperazine rings is 1. The minimum absolute atomic E-state index is 0.157. The second-order valence-corrected chi connectivity index (χ2v) is 9.81. The van der Waals surface area contributed by atoms with Crippen LogP contribution in [0.4, 0.5) is 4.79 Å². The Morgan fingerprint density at radius 1 is 1.18 bits per heavy atom. The van der Waals surface area contributed by atoms with Crippen LogP contribution in [0.25, 0.3) is 10.6 Å². The third-order valence-corrected chi connectivity index (χ3v) is 6.93. The van der Waals surface area contributed by atoms with Gasteiger partial charge in [-0.2, -0.15) is 0 Å². The Bertz CT molecular complexity index is 963. The van der Waals surface area contributed by atoms with Crippen LogP contribution in [0.1, 0.15) is 30.3 Å². The minimum Gasteiger partial charge on any atom is -0.449 e. The average molecular weight is 539 g/mol. The standard InChI is InChI=1S/C22H27BrN4O5S/c1-2-3-13-32-22(31)27-11-9-26(10-12-27)21(30)16(14-28)24-19(29)17-18(23)33-20(25-17)15-7-5-4-6-8-15/h4-8,16,28H,2-3,9-14H2,1H3,(H,24,29)/t16-/m0/s1. The normalized spacial score (nSPS) is 14.6. The number of rotatable bonds is 8. The van der Waals surface area contributed by atoms with Crippen molar-refractivity contribution in [2.75, 3.05) is 39.4 Å². The molecule has 1 fully saturated rings. The van der Waals surface area contributed by atoms with Crippen molar-refractivity contribution >= 4 is 45.2 Å². The molecule has 3 amide bonds. The van der Waals surface area contributed by atoms with Crippen LogP contribution in [0.2, 0.25) is 0 Å². The summed E-state index contributed by atoms with van der Waals surface area (Å²) in [6.07, 6.45) is 1.36. The van der Waals surface area contributed by atoms with Gasteiger partial charge in [-0.1, -0.05) is 43.7 Å². The quantitative estimate of drug-likeness (QED) is 0.499. The second kappa shape index (κ2) is 12.1. The van der Waals surface area contributed by atoms with Gasteiger partial charge in [0, 0.05) is 31.7 Å². The van der Waals surface area contributed by atoms with Gasteiger partial charge >= 0.3 is 6.09 Å². The molecule has 0 unspecified atom stereocenters. The highest BCUT2D eigenvalue weighted by molar-refractivity contribution is 9.11. The Morgan fingerprint density at radius 2 is 1.85 bits per heavy atom. The Balaban J connectivity index is 1.57. The van der Waals surface area contributed by atoms with E-state index in [9.17, 15) is 19.5 Å². The Hall–Kier alpha value is -2.50. The van der Waals surface area contributed by atoms with E-state index in [4.69, 9.17) is 4.74 Å². The van der Waals surface area contributed by atoms with Crippen molar-refractivity contribution in [2.24, 2.45) is 0 Å². The number of halogens is 1. The lowest BCUT2D eigenvalue weighted by Crippen LogP contribution is -2.56. The summed E-state index contributed by atoms with van der Waals surface area (Å²) in [4.78, 5) is 45.2. The van der Waals surface area contributed by atoms with Gasteiger partial charge in [0.25, 0.3) is 5.91 Å². The molecule has 0 spiro atoms. The largest absolute Gasteiger partial charge is 0.449 e. The molecule has 1 atom stereocenters. The molecular formula is C22H27BrN4O5S. The predicted molar refractivity (Wildman–Crippen MR) is 128 cm³/mol. The lowest BCUT2D eigenvalue weighted by Gasteiger charge is -2.35. The maximum absolute atomic E-state index is 12.9. The first kappa shape index (κ1) is 25.1. The Morgan fingerprint density at radius 3 is 2.48 bits per heavy atom. The van der Waals surface area contributed by atoms with Crippen LogP contribution in [0, 0.1) is 0 Å². The number of unbranched alkanes of at least 4 members (excludes halogenated alkanes) is 1. The fraction of sp³-hybridized carbons (Fsp3) is 0.455. The average Bonchev–Trinajstić information content (AvgIpc) is 3.24. The molecule has 0 bridgehead atoms. The van der Waals surface area contributed by atoms with Crippen LogP contribution in [0.15, 0.2) is 34.1 Å². The van der Waals surface area contributed by atoms with E-state index in [0.29, 0.717) is 41.6 Å².